The molecule has 4 aromatic rings. The monoisotopic (exact) mass is 519 g/mol. The Morgan fingerprint density at radius 1 is 0.846 bits per heavy atom. The molecule has 3 heterocycles. The van der Waals surface area contributed by atoms with Crippen LogP contribution in [-0.4, -0.2) is 35.3 Å². The average Bonchev–Trinajstić information content (AvgIpc) is 2.97. The number of pyridine rings is 1. The first-order chi connectivity index (χ1) is 19.2. The molecule has 0 fully saturated rings. The molecular weight excluding hydrogens is 490 g/mol. The maximum Gasteiger partial charge on any atom is 0.277 e. The van der Waals surface area contributed by atoms with Gasteiger partial charge in [-0.1, -0.05) is 91.0 Å². The van der Waals surface area contributed by atoms with Crippen molar-refractivity contribution in [3.05, 3.63) is 142 Å². The summed E-state index contributed by atoms with van der Waals surface area (Å²) in [5.41, 5.74) is 2.81. The highest BCUT2D eigenvalue weighted by Gasteiger charge is 2.37. The van der Waals surface area contributed by atoms with Crippen LogP contribution in [0.2, 0.25) is 0 Å². The lowest BCUT2D eigenvalue weighted by atomic mass is 9.97. The second-order valence-electron chi connectivity index (χ2n) is 9.55. The van der Waals surface area contributed by atoms with E-state index in [4.69, 9.17) is 9.47 Å². The molecule has 7 nitrogen and oxygen atoms in total. The lowest BCUT2D eigenvalue weighted by molar-refractivity contribution is 0.0679. The lowest BCUT2D eigenvalue weighted by Gasteiger charge is -2.44. The maximum atomic E-state index is 13.9. The van der Waals surface area contributed by atoms with E-state index >= 15 is 0 Å². The Balaban J connectivity index is 1.53. The van der Waals surface area contributed by atoms with Gasteiger partial charge in [0.2, 0.25) is 5.43 Å². The van der Waals surface area contributed by atoms with Crippen molar-refractivity contribution >= 4 is 5.91 Å². The Hall–Kier alpha value is -4.78. The summed E-state index contributed by atoms with van der Waals surface area (Å²) in [7, 11) is 0. The quantitative estimate of drug-likeness (QED) is 0.359. The van der Waals surface area contributed by atoms with Crippen LogP contribution in [0.5, 0.6) is 11.5 Å². The van der Waals surface area contributed by atoms with E-state index in [0.29, 0.717) is 26.2 Å². The van der Waals surface area contributed by atoms with Gasteiger partial charge in [0.1, 0.15) is 31.7 Å². The van der Waals surface area contributed by atoms with Gasteiger partial charge < -0.3 is 14.4 Å². The van der Waals surface area contributed by atoms with Crippen LogP contribution >= 0.6 is 0 Å². The molecule has 1 amide bonds. The number of carbonyl (C=O) groups is 1. The summed E-state index contributed by atoms with van der Waals surface area (Å²) in [4.78, 5) is 28.9. The molecule has 0 N–H and O–H groups in total. The first-order valence-electron chi connectivity index (χ1n) is 13.1. The van der Waals surface area contributed by atoms with E-state index in [1.54, 1.807) is 15.8 Å². The Kier molecular flexibility index (Phi) is 6.87. The van der Waals surface area contributed by atoms with Gasteiger partial charge in [-0.05, 0) is 23.6 Å². The molecule has 2 aliphatic rings. The van der Waals surface area contributed by atoms with E-state index in [-0.39, 0.29) is 35.4 Å². The summed E-state index contributed by atoms with van der Waals surface area (Å²) in [6.45, 7) is 1.44. The molecule has 0 spiro atoms. The number of aromatic nitrogens is 1. The summed E-state index contributed by atoms with van der Waals surface area (Å²) in [6.07, 6.45) is 6.34. The Morgan fingerprint density at radius 2 is 1.59 bits per heavy atom. The van der Waals surface area contributed by atoms with Gasteiger partial charge in [-0.2, -0.15) is 0 Å². The second kappa shape index (κ2) is 10.9. The zero-order chi connectivity index (χ0) is 26.6. The zero-order valence-corrected chi connectivity index (χ0v) is 21.5. The van der Waals surface area contributed by atoms with Crippen LogP contribution < -0.4 is 19.9 Å². The van der Waals surface area contributed by atoms with E-state index < -0.39 is 0 Å². The number of benzene rings is 3. The van der Waals surface area contributed by atoms with Crippen molar-refractivity contribution in [1.82, 2.24) is 9.58 Å². The van der Waals surface area contributed by atoms with Crippen LogP contribution in [0.15, 0.2) is 114 Å². The molecule has 0 unspecified atom stereocenters. The number of ether oxygens (including phenoxy) is 2. The molecule has 3 aromatic carbocycles. The van der Waals surface area contributed by atoms with E-state index in [2.05, 4.69) is 23.2 Å². The van der Waals surface area contributed by atoms with Gasteiger partial charge >= 0.3 is 0 Å². The van der Waals surface area contributed by atoms with Crippen LogP contribution in [0.4, 0.5) is 0 Å². The molecular formula is C32H29N3O4. The molecule has 39 heavy (non-hydrogen) atoms. The van der Waals surface area contributed by atoms with Crippen LogP contribution in [0.3, 0.4) is 0 Å². The van der Waals surface area contributed by atoms with Crippen molar-refractivity contribution in [2.45, 2.75) is 19.1 Å². The minimum absolute atomic E-state index is 0.0556. The predicted molar refractivity (Wildman–Crippen MR) is 150 cm³/mol. The highest BCUT2D eigenvalue weighted by molar-refractivity contribution is 5.96. The number of para-hydroxylation sites is 1. The fourth-order valence-corrected chi connectivity index (χ4v) is 5.16. The summed E-state index contributed by atoms with van der Waals surface area (Å²) in [6, 6.07) is 28.9. The zero-order valence-electron chi connectivity index (χ0n) is 21.5. The smallest absolute Gasteiger partial charge is 0.277 e. The van der Waals surface area contributed by atoms with E-state index in [0.717, 1.165) is 22.4 Å². The van der Waals surface area contributed by atoms with Crippen molar-refractivity contribution in [2.24, 2.45) is 0 Å². The predicted octanol–water partition coefficient (Wildman–Crippen LogP) is 4.91. The number of amides is 1. The number of hydrogen-bond acceptors (Lipinski definition) is 5. The van der Waals surface area contributed by atoms with Gasteiger partial charge in [-0.3, -0.25) is 19.3 Å². The standard InChI is InChI=1S/C32H29N3O4/c36-27-18-20-34-30(31(27)39-22-24-12-4-1-5-13-24)32(37)33-19-10-3-11-21-38-28-17-9-8-16-26(28)29(35(34)23-33)25-14-6-2-7-15-25/h1-9,11-18,20,29H,10,19,21-23H2/b11-3+/t29-/m0/s1. The van der Waals surface area contributed by atoms with Gasteiger partial charge in [0.15, 0.2) is 11.4 Å². The number of fused-ring (bicyclic) bond motifs is 5. The normalized spacial score (nSPS) is 17.6. The van der Waals surface area contributed by atoms with Crippen molar-refractivity contribution in [2.75, 3.05) is 24.8 Å². The largest absolute Gasteiger partial charge is 0.489 e. The molecule has 0 aliphatic carbocycles. The van der Waals surface area contributed by atoms with Gasteiger partial charge in [-0.25, -0.2) is 0 Å². The lowest BCUT2D eigenvalue weighted by Crippen LogP contribution is -2.55. The number of carbonyl (C=O) groups excluding carboxylic acids is 1. The van der Waals surface area contributed by atoms with Crippen molar-refractivity contribution < 1.29 is 14.3 Å². The maximum absolute atomic E-state index is 13.9. The Bertz CT molecular complexity index is 1550. The van der Waals surface area contributed by atoms with E-state index in [9.17, 15) is 9.59 Å². The van der Waals surface area contributed by atoms with Crippen LogP contribution in [0.25, 0.3) is 0 Å². The Morgan fingerprint density at radius 3 is 2.41 bits per heavy atom. The average molecular weight is 520 g/mol. The number of hydrogen-bond donors (Lipinski definition) is 0. The van der Waals surface area contributed by atoms with Crippen LogP contribution in [0.1, 0.15) is 39.6 Å². The number of nitrogens with zero attached hydrogens (tertiary/aromatic N) is 3. The van der Waals surface area contributed by atoms with Gasteiger partial charge in [-0.15, -0.1) is 0 Å². The van der Waals surface area contributed by atoms with Crippen molar-refractivity contribution in [1.29, 1.82) is 0 Å². The minimum Gasteiger partial charge on any atom is -0.489 e. The molecule has 0 saturated carbocycles. The molecule has 7 heteroatoms. The Labute approximate surface area is 227 Å². The van der Waals surface area contributed by atoms with Crippen LogP contribution in [0, 0.1) is 0 Å². The second-order valence-corrected chi connectivity index (χ2v) is 9.55. The molecule has 196 valence electrons. The number of rotatable bonds is 4. The SMILES string of the molecule is O=C1c2c(OCc3ccccc3)c(=O)ccn2N2CN1CC/C=C/COc1ccccc1[C@@H]2c1ccccc1. The van der Waals surface area contributed by atoms with Gasteiger partial charge in [0, 0.05) is 24.4 Å². The van der Waals surface area contributed by atoms with Gasteiger partial charge in [0.05, 0.1) is 0 Å². The highest BCUT2D eigenvalue weighted by Crippen LogP contribution is 2.37. The third kappa shape index (κ3) is 4.91. The van der Waals surface area contributed by atoms with Crippen molar-refractivity contribution in [3.8, 4) is 11.5 Å². The molecule has 0 radical (unpaired) electrons. The third-order valence-corrected chi connectivity index (χ3v) is 7.04. The molecule has 1 atom stereocenters. The van der Waals surface area contributed by atoms with Crippen LogP contribution in [-0.2, 0) is 6.61 Å². The highest BCUT2D eigenvalue weighted by atomic mass is 16.5. The van der Waals surface area contributed by atoms with E-state index in [1.165, 1.54) is 6.07 Å². The third-order valence-electron chi connectivity index (χ3n) is 7.04. The van der Waals surface area contributed by atoms with Crippen molar-refractivity contribution in [3.63, 3.8) is 0 Å². The minimum atomic E-state index is -0.326. The topological polar surface area (TPSA) is 64.0 Å². The van der Waals surface area contributed by atoms with Gasteiger partial charge in [0.25, 0.3) is 5.91 Å². The summed E-state index contributed by atoms with van der Waals surface area (Å²) in [5, 5.41) is 2.11. The van der Waals surface area contributed by atoms with E-state index in [1.807, 2.05) is 78.9 Å². The molecule has 1 aromatic heterocycles. The first kappa shape index (κ1) is 24.6. The summed E-state index contributed by atoms with van der Waals surface area (Å²) < 4.78 is 14.1. The molecule has 0 saturated heterocycles. The summed E-state index contributed by atoms with van der Waals surface area (Å²) >= 11 is 0. The first-order valence-corrected chi connectivity index (χ1v) is 13.1. The fraction of sp³-hybridized carbons (Fsp3) is 0.188. The fourth-order valence-electron chi connectivity index (χ4n) is 5.16. The molecule has 6 rings (SSSR count). The molecule has 2 aliphatic heterocycles. The molecule has 2 bridgehead atoms. The summed E-state index contributed by atoms with van der Waals surface area (Å²) in [5.74, 6) is 0.594.